The number of benzene rings is 1. The fraction of sp³-hybridized carbons (Fsp3) is 0.533. The van der Waals surface area contributed by atoms with Gasteiger partial charge in [-0.25, -0.2) is 0 Å². The van der Waals surface area contributed by atoms with Crippen molar-refractivity contribution in [1.29, 1.82) is 0 Å². The van der Waals surface area contributed by atoms with Crippen LogP contribution >= 0.6 is 0 Å². The lowest BCUT2D eigenvalue weighted by Crippen LogP contribution is -2.34. The first-order chi connectivity index (χ1) is 8.79. The third kappa shape index (κ3) is 3.49. The van der Waals surface area contributed by atoms with Gasteiger partial charge in [-0.05, 0) is 31.0 Å². The number of carbonyl (C=O) groups excluding carboxylic acids is 1. The molecule has 0 saturated heterocycles. The van der Waals surface area contributed by atoms with Crippen LogP contribution in [0.1, 0.15) is 48.9 Å². The van der Waals surface area contributed by atoms with Crippen molar-refractivity contribution >= 4 is 5.91 Å². The highest BCUT2D eigenvalue weighted by atomic mass is 16.5. The van der Waals surface area contributed by atoms with Crippen LogP contribution < -0.4 is 10.1 Å². The Morgan fingerprint density at radius 3 is 2.61 bits per heavy atom. The Morgan fingerprint density at radius 2 is 1.94 bits per heavy atom. The molecule has 0 spiro atoms. The van der Waals surface area contributed by atoms with E-state index in [0.29, 0.717) is 11.6 Å². The number of methoxy groups -OCH3 is 1. The van der Waals surface area contributed by atoms with E-state index in [2.05, 4.69) is 5.32 Å². The zero-order valence-electron chi connectivity index (χ0n) is 10.9. The molecule has 0 radical (unpaired) electrons. The van der Waals surface area contributed by atoms with Crippen LogP contribution in [-0.2, 0) is 0 Å². The van der Waals surface area contributed by atoms with Gasteiger partial charge in [0.15, 0.2) is 0 Å². The summed E-state index contributed by atoms with van der Waals surface area (Å²) in [6, 6.07) is 7.65. The van der Waals surface area contributed by atoms with Crippen molar-refractivity contribution in [3.63, 3.8) is 0 Å². The Labute approximate surface area is 109 Å². The minimum atomic E-state index is 0.0146. The fourth-order valence-electron chi connectivity index (χ4n) is 2.46. The Hall–Kier alpha value is -1.51. The van der Waals surface area contributed by atoms with E-state index in [1.54, 1.807) is 13.2 Å². The van der Waals surface area contributed by atoms with Crippen molar-refractivity contribution in [2.24, 2.45) is 0 Å². The molecule has 0 atom stereocenters. The minimum Gasteiger partial charge on any atom is -0.497 e. The van der Waals surface area contributed by atoms with Gasteiger partial charge in [0.25, 0.3) is 5.91 Å². The summed E-state index contributed by atoms with van der Waals surface area (Å²) in [7, 11) is 1.61. The lowest BCUT2D eigenvalue weighted by molar-refractivity contribution is 0.0933. The number of rotatable bonds is 3. The zero-order chi connectivity index (χ0) is 12.8. The summed E-state index contributed by atoms with van der Waals surface area (Å²) in [5, 5.41) is 3.13. The van der Waals surface area contributed by atoms with E-state index in [1.165, 1.54) is 25.7 Å². The van der Waals surface area contributed by atoms with Crippen LogP contribution in [0.3, 0.4) is 0 Å². The summed E-state index contributed by atoms with van der Waals surface area (Å²) in [5.74, 6) is 0.740. The molecular formula is C15H21NO2. The SMILES string of the molecule is COc1cccc(C(=O)NC2CCCCCC2)c1. The lowest BCUT2D eigenvalue weighted by atomic mass is 10.1. The number of amides is 1. The van der Waals surface area contributed by atoms with Gasteiger partial charge >= 0.3 is 0 Å². The van der Waals surface area contributed by atoms with E-state index in [1.807, 2.05) is 18.2 Å². The van der Waals surface area contributed by atoms with E-state index < -0.39 is 0 Å². The number of nitrogens with one attached hydrogen (secondary N) is 1. The maximum Gasteiger partial charge on any atom is 0.251 e. The molecule has 98 valence electrons. The molecule has 18 heavy (non-hydrogen) atoms. The summed E-state index contributed by atoms with van der Waals surface area (Å²) < 4.78 is 5.13. The molecule has 0 unspecified atom stereocenters. The molecule has 1 fully saturated rings. The van der Waals surface area contributed by atoms with Crippen molar-refractivity contribution in [2.75, 3.05) is 7.11 Å². The Kier molecular flexibility index (Phi) is 4.62. The summed E-state index contributed by atoms with van der Waals surface area (Å²) >= 11 is 0. The van der Waals surface area contributed by atoms with Crippen LogP contribution in [0.5, 0.6) is 5.75 Å². The van der Waals surface area contributed by atoms with E-state index in [4.69, 9.17) is 4.74 Å². The first-order valence-electron chi connectivity index (χ1n) is 6.74. The Bertz CT molecular complexity index is 395. The normalized spacial score (nSPS) is 16.9. The molecule has 1 aromatic carbocycles. The van der Waals surface area contributed by atoms with E-state index in [9.17, 15) is 4.79 Å². The molecule has 3 nitrogen and oxygen atoms in total. The molecule has 1 saturated carbocycles. The van der Waals surface area contributed by atoms with Crippen molar-refractivity contribution in [3.05, 3.63) is 29.8 Å². The third-order valence-electron chi connectivity index (χ3n) is 3.52. The Morgan fingerprint density at radius 1 is 1.22 bits per heavy atom. The summed E-state index contributed by atoms with van der Waals surface area (Å²) in [6.45, 7) is 0. The molecule has 0 aliphatic heterocycles. The molecule has 1 N–H and O–H groups in total. The highest BCUT2D eigenvalue weighted by Crippen LogP contribution is 2.18. The first kappa shape index (κ1) is 12.9. The van der Waals surface area contributed by atoms with Crippen molar-refractivity contribution < 1.29 is 9.53 Å². The largest absolute Gasteiger partial charge is 0.497 e. The second-order valence-corrected chi connectivity index (χ2v) is 4.89. The maximum absolute atomic E-state index is 12.1. The average molecular weight is 247 g/mol. The second kappa shape index (κ2) is 6.43. The maximum atomic E-state index is 12.1. The molecule has 1 amide bonds. The Balaban J connectivity index is 1.97. The molecule has 2 rings (SSSR count). The second-order valence-electron chi connectivity index (χ2n) is 4.89. The minimum absolute atomic E-state index is 0.0146. The van der Waals surface area contributed by atoms with Gasteiger partial charge in [0.05, 0.1) is 7.11 Å². The van der Waals surface area contributed by atoms with E-state index >= 15 is 0 Å². The lowest BCUT2D eigenvalue weighted by Gasteiger charge is -2.16. The average Bonchev–Trinajstić information content (AvgIpc) is 2.67. The molecule has 1 aliphatic rings. The van der Waals surface area contributed by atoms with Gasteiger partial charge in [-0.1, -0.05) is 31.7 Å². The van der Waals surface area contributed by atoms with Crippen molar-refractivity contribution in [1.82, 2.24) is 5.32 Å². The molecule has 0 bridgehead atoms. The van der Waals surface area contributed by atoms with Crippen LogP contribution in [0.2, 0.25) is 0 Å². The molecule has 0 aromatic heterocycles. The fourth-order valence-corrected chi connectivity index (χ4v) is 2.46. The van der Waals surface area contributed by atoms with Crippen molar-refractivity contribution in [2.45, 2.75) is 44.6 Å². The van der Waals surface area contributed by atoms with Crippen LogP contribution in [-0.4, -0.2) is 19.1 Å². The monoisotopic (exact) mass is 247 g/mol. The molecule has 3 heteroatoms. The highest BCUT2D eigenvalue weighted by molar-refractivity contribution is 5.94. The summed E-state index contributed by atoms with van der Waals surface area (Å²) in [6.07, 6.45) is 7.26. The van der Waals surface area contributed by atoms with Crippen LogP contribution in [0, 0.1) is 0 Å². The van der Waals surface area contributed by atoms with Gasteiger partial charge in [-0.3, -0.25) is 4.79 Å². The van der Waals surface area contributed by atoms with Gasteiger partial charge in [0.1, 0.15) is 5.75 Å². The van der Waals surface area contributed by atoms with Gasteiger partial charge in [0.2, 0.25) is 0 Å². The standard InChI is InChI=1S/C15H21NO2/c1-18-14-10-6-7-12(11-14)15(17)16-13-8-4-2-3-5-9-13/h6-7,10-11,13H,2-5,8-9H2,1H3,(H,16,17). The van der Waals surface area contributed by atoms with E-state index in [0.717, 1.165) is 18.6 Å². The van der Waals surface area contributed by atoms with Crippen LogP contribution in [0.25, 0.3) is 0 Å². The number of hydrogen-bond acceptors (Lipinski definition) is 2. The highest BCUT2D eigenvalue weighted by Gasteiger charge is 2.15. The predicted molar refractivity (Wildman–Crippen MR) is 72.0 cm³/mol. The zero-order valence-corrected chi connectivity index (χ0v) is 10.9. The summed E-state index contributed by atoms with van der Waals surface area (Å²) in [4.78, 5) is 12.1. The quantitative estimate of drug-likeness (QED) is 0.833. The van der Waals surface area contributed by atoms with Gasteiger partial charge in [0, 0.05) is 11.6 Å². The number of carbonyl (C=O) groups is 1. The molecular weight excluding hydrogens is 226 g/mol. The topological polar surface area (TPSA) is 38.3 Å². The smallest absolute Gasteiger partial charge is 0.251 e. The number of hydrogen-bond donors (Lipinski definition) is 1. The molecule has 1 aromatic rings. The first-order valence-corrected chi connectivity index (χ1v) is 6.74. The van der Waals surface area contributed by atoms with Crippen LogP contribution in [0.4, 0.5) is 0 Å². The van der Waals surface area contributed by atoms with Gasteiger partial charge < -0.3 is 10.1 Å². The third-order valence-corrected chi connectivity index (χ3v) is 3.52. The van der Waals surface area contributed by atoms with Crippen LogP contribution in [0.15, 0.2) is 24.3 Å². The van der Waals surface area contributed by atoms with Gasteiger partial charge in [-0.15, -0.1) is 0 Å². The molecule has 1 aliphatic carbocycles. The molecule has 0 heterocycles. The van der Waals surface area contributed by atoms with E-state index in [-0.39, 0.29) is 5.91 Å². The summed E-state index contributed by atoms with van der Waals surface area (Å²) in [5.41, 5.74) is 0.679. The van der Waals surface area contributed by atoms with Crippen molar-refractivity contribution in [3.8, 4) is 5.75 Å². The predicted octanol–water partition coefficient (Wildman–Crippen LogP) is 3.15. The number of ether oxygens (including phenoxy) is 1. The van der Waals surface area contributed by atoms with Gasteiger partial charge in [-0.2, -0.15) is 0 Å².